The highest BCUT2D eigenvalue weighted by molar-refractivity contribution is 6.30. The van der Waals surface area contributed by atoms with Gasteiger partial charge in [-0.05, 0) is 64.0 Å². The lowest BCUT2D eigenvalue weighted by atomic mass is 9.76. The van der Waals surface area contributed by atoms with E-state index >= 15 is 0 Å². The lowest BCUT2D eigenvalue weighted by molar-refractivity contribution is -0.146. The number of piperidine rings is 2. The minimum absolute atomic E-state index is 0.0841. The number of benzene rings is 1. The number of halogens is 1. The first-order valence-corrected chi connectivity index (χ1v) is 12.5. The van der Waals surface area contributed by atoms with Crippen molar-refractivity contribution in [2.75, 3.05) is 66.1 Å². The summed E-state index contributed by atoms with van der Waals surface area (Å²) < 4.78 is 11.6. The van der Waals surface area contributed by atoms with Gasteiger partial charge in [-0.2, -0.15) is 0 Å². The van der Waals surface area contributed by atoms with Crippen molar-refractivity contribution in [1.29, 1.82) is 0 Å². The van der Waals surface area contributed by atoms with Crippen LogP contribution in [0.15, 0.2) is 24.3 Å². The van der Waals surface area contributed by atoms with Crippen LogP contribution in [-0.2, 0) is 14.3 Å². The Morgan fingerprint density at radius 2 is 1.88 bits per heavy atom. The molecular weight excluding hydrogens is 442 g/mol. The predicted molar refractivity (Wildman–Crippen MR) is 127 cm³/mol. The van der Waals surface area contributed by atoms with Crippen molar-refractivity contribution in [2.45, 2.75) is 32.1 Å². The summed E-state index contributed by atoms with van der Waals surface area (Å²) in [6.45, 7) is 6.05. The summed E-state index contributed by atoms with van der Waals surface area (Å²) >= 11 is 6.14. The van der Waals surface area contributed by atoms with Crippen LogP contribution in [0.2, 0.25) is 5.02 Å². The zero-order chi connectivity index (χ0) is 23.3. The third-order valence-electron chi connectivity index (χ3n) is 7.27. The first-order chi connectivity index (χ1) is 15.9. The van der Waals surface area contributed by atoms with Gasteiger partial charge >= 0.3 is 0 Å². The SMILES string of the molecule is CN1CCC(C(=O)N2CCC[C@@](COc3cccc(Cl)c3)(CC(=O)N3CCOCC3)C2)CC1. The number of morpholine rings is 1. The number of ether oxygens (including phenoxy) is 2. The third kappa shape index (κ3) is 6.40. The van der Waals surface area contributed by atoms with Gasteiger partial charge in [0.2, 0.25) is 11.8 Å². The molecule has 4 rings (SSSR count). The smallest absolute Gasteiger partial charge is 0.225 e. The van der Waals surface area contributed by atoms with Crippen LogP contribution >= 0.6 is 11.6 Å². The van der Waals surface area contributed by atoms with E-state index in [1.54, 1.807) is 6.07 Å². The summed E-state index contributed by atoms with van der Waals surface area (Å²) in [6, 6.07) is 7.35. The van der Waals surface area contributed by atoms with Crippen molar-refractivity contribution < 1.29 is 19.1 Å². The van der Waals surface area contributed by atoms with Crippen molar-refractivity contribution in [1.82, 2.24) is 14.7 Å². The van der Waals surface area contributed by atoms with E-state index in [4.69, 9.17) is 21.1 Å². The highest BCUT2D eigenvalue weighted by atomic mass is 35.5. The lowest BCUT2D eigenvalue weighted by Gasteiger charge is -2.44. The highest BCUT2D eigenvalue weighted by Gasteiger charge is 2.42. The van der Waals surface area contributed by atoms with Gasteiger partial charge in [-0.3, -0.25) is 9.59 Å². The molecule has 0 spiro atoms. The van der Waals surface area contributed by atoms with Crippen LogP contribution < -0.4 is 4.74 Å². The summed E-state index contributed by atoms with van der Waals surface area (Å²) in [5, 5.41) is 0.619. The molecule has 0 N–H and O–H groups in total. The molecule has 7 nitrogen and oxygen atoms in total. The van der Waals surface area contributed by atoms with Crippen LogP contribution in [0.4, 0.5) is 0 Å². The van der Waals surface area contributed by atoms with Crippen molar-refractivity contribution in [3.05, 3.63) is 29.3 Å². The quantitative estimate of drug-likeness (QED) is 0.630. The molecule has 0 aliphatic carbocycles. The number of hydrogen-bond donors (Lipinski definition) is 0. The maximum absolute atomic E-state index is 13.4. The second kappa shape index (κ2) is 11.1. The van der Waals surface area contributed by atoms with Crippen molar-refractivity contribution in [3.8, 4) is 5.75 Å². The first kappa shape index (κ1) is 24.3. The summed E-state index contributed by atoms with van der Waals surface area (Å²) in [5.41, 5.74) is -0.406. The fourth-order valence-electron chi connectivity index (χ4n) is 5.26. The number of amides is 2. The minimum atomic E-state index is -0.406. The number of nitrogens with zero attached hydrogens (tertiary/aromatic N) is 3. The molecule has 1 atom stereocenters. The topological polar surface area (TPSA) is 62.3 Å². The second-order valence-electron chi connectivity index (χ2n) is 9.86. The number of carbonyl (C=O) groups is 2. The Morgan fingerprint density at radius 3 is 2.61 bits per heavy atom. The summed E-state index contributed by atoms with van der Waals surface area (Å²) in [7, 11) is 2.11. The van der Waals surface area contributed by atoms with E-state index in [9.17, 15) is 9.59 Å². The molecule has 3 heterocycles. The number of likely N-dealkylation sites (tertiary alicyclic amines) is 2. The predicted octanol–water partition coefficient (Wildman–Crippen LogP) is 2.92. The van der Waals surface area contributed by atoms with Crippen molar-refractivity contribution in [3.63, 3.8) is 0 Å². The second-order valence-corrected chi connectivity index (χ2v) is 10.3. The molecule has 1 aromatic rings. The van der Waals surface area contributed by atoms with Crippen molar-refractivity contribution in [2.24, 2.45) is 11.3 Å². The Hall–Kier alpha value is -1.83. The van der Waals surface area contributed by atoms with E-state index < -0.39 is 5.41 Å². The molecule has 1 aromatic carbocycles. The van der Waals surface area contributed by atoms with E-state index in [0.717, 1.165) is 45.3 Å². The van der Waals surface area contributed by atoms with Crippen LogP contribution in [0, 0.1) is 11.3 Å². The monoisotopic (exact) mass is 477 g/mol. The maximum Gasteiger partial charge on any atom is 0.225 e. The lowest BCUT2D eigenvalue weighted by Crippen LogP contribution is -2.53. The maximum atomic E-state index is 13.4. The zero-order valence-electron chi connectivity index (χ0n) is 19.6. The molecule has 3 aliphatic heterocycles. The fourth-order valence-corrected chi connectivity index (χ4v) is 5.44. The van der Waals surface area contributed by atoms with E-state index in [1.807, 2.05) is 28.0 Å². The van der Waals surface area contributed by atoms with Gasteiger partial charge in [-0.25, -0.2) is 0 Å². The van der Waals surface area contributed by atoms with Gasteiger partial charge in [0.1, 0.15) is 5.75 Å². The van der Waals surface area contributed by atoms with Crippen LogP contribution in [-0.4, -0.2) is 92.7 Å². The molecular formula is C25H36ClN3O4. The third-order valence-corrected chi connectivity index (χ3v) is 7.51. The molecule has 3 aliphatic rings. The average Bonchev–Trinajstić information content (AvgIpc) is 2.84. The Balaban J connectivity index is 1.48. The van der Waals surface area contributed by atoms with Gasteiger partial charge in [-0.15, -0.1) is 0 Å². The summed E-state index contributed by atoms with van der Waals surface area (Å²) in [6.07, 6.45) is 3.94. The van der Waals surface area contributed by atoms with E-state index in [1.165, 1.54) is 0 Å². The minimum Gasteiger partial charge on any atom is -0.493 e. The number of rotatable bonds is 6. The van der Waals surface area contributed by atoms with Crippen LogP contribution in [0.5, 0.6) is 5.75 Å². The molecule has 3 saturated heterocycles. The summed E-state index contributed by atoms with van der Waals surface area (Å²) in [4.78, 5) is 32.8. The largest absolute Gasteiger partial charge is 0.493 e. The Kier molecular flexibility index (Phi) is 8.15. The molecule has 0 radical (unpaired) electrons. The molecule has 0 bridgehead atoms. The Bertz CT molecular complexity index is 824. The molecule has 0 unspecified atom stereocenters. The normalized spacial score (nSPS) is 25.2. The molecule has 0 saturated carbocycles. The van der Waals surface area contributed by atoms with Gasteiger partial charge in [0.05, 0.1) is 19.8 Å². The number of carbonyl (C=O) groups excluding carboxylic acids is 2. The van der Waals surface area contributed by atoms with E-state index in [0.29, 0.717) is 56.6 Å². The molecule has 0 aromatic heterocycles. The average molecular weight is 478 g/mol. The van der Waals surface area contributed by atoms with Gasteiger partial charge in [0.25, 0.3) is 0 Å². The van der Waals surface area contributed by atoms with Gasteiger partial charge < -0.3 is 24.2 Å². The van der Waals surface area contributed by atoms with Crippen molar-refractivity contribution >= 4 is 23.4 Å². The molecule has 3 fully saturated rings. The highest BCUT2D eigenvalue weighted by Crippen LogP contribution is 2.37. The summed E-state index contributed by atoms with van der Waals surface area (Å²) in [5.74, 6) is 1.15. The molecule has 33 heavy (non-hydrogen) atoms. The first-order valence-electron chi connectivity index (χ1n) is 12.2. The van der Waals surface area contributed by atoms with Crippen LogP contribution in [0.1, 0.15) is 32.1 Å². The zero-order valence-corrected chi connectivity index (χ0v) is 20.4. The Labute approximate surface area is 201 Å². The molecule has 8 heteroatoms. The molecule has 182 valence electrons. The Morgan fingerprint density at radius 1 is 1.12 bits per heavy atom. The van der Waals surface area contributed by atoms with Crippen LogP contribution in [0.25, 0.3) is 0 Å². The fraction of sp³-hybridized carbons (Fsp3) is 0.680. The van der Waals surface area contributed by atoms with E-state index in [2.05, 4.69) is 11.9 Å². The van der Waals surface area contributed by atoms with Gasteiger partial charge in [0.15, 0.2) is 0 Å². The van der Waals surface area contributed by atoms with Gasteiger partial charge in [-0.1, -0.05) is 17.7 Å². The van der Waals surface area contributed by atoms with E-state index in [-0.39, 0.29) is 17.7 Å². The number of hydrogen-bond acceptors (Lipinski definition) is 5. The molecule has 2 amide bonds. The standard InChI is InChI=1S/C25H36ClN3O4/c1-27-10-6-20(7-11-27)24(31)29-9-3-8-25(18-29,17-23(30)28-12-14-32-15-13-28)19-33-22-5-2-4-21(26)16-22/h2,4-5,16,20H,3,6-15,17-19H2,1H3/t25-/m1/s1. The van der Waals surface area contributed by atoms with Crippen LogP contribution in [0.3, 0.4) is 0 Å². The van der Waals surface area contributed by atoms with Gasteiger partial charge in [0, 0.05) is 49.0 Å².